The van der Waals surface area contributed by atoms with Crippen LogP contribution in [-0.2, 0) is 26.8 Å². The lowest BCUT2D eigenvalue weighted by Gasteiger charge is -2.24. The van der Waals surface area contributed by atoms with Gasteiger partial charge in [0.25, 0.3) is 16.0 Å². The van der Waals surface area contributed by atoms with Crippen molar-refractivity contribution in [3.63, 3.8) is 0 Å². The first-order valence-electron chi connectivity index (χ1n) is 16.0. The molecule has 0 saturated heterocycles. The predicted molar refractivity (Wildman–Crippen MR) is 190 cm³/mol. The summed E-state index contributed by atoms with van der Waals surface area (Å²) in [5, 5.41) is 2.50. The Balaban J connectivity index is 0.000000287. The van der Waals surface area contributed by atoms with Crippen molar-refractivity contribution >= 4 is 21.6 Å². The molecule has 0 radical (unpaired) electrons. The van der Waals surface area contributed by atoms with Gasteiger partial charge in [-0.1, -0.05) is 93.6 Å². The maximum Gasteiger partial charge on any atom is 0.266 e. The Morgan fingerprint density at radius 1 is 1.02 bits per heavy atom. The number of allylic oxidation sites excluding steroid dienone is 7. The number of nitrogens with one attached hydrogen (secondary N) is 2. The number of halogens is 1. The van der Waals surface area contributed by atoms with Gasteiger partial charge >= 0.3 is 0 Å². The maximum absolute atomic E-state index is 12.8. The first-order chi connectivity index (χ1) is 22.7. The third kappa shape index (κ3) is 10.9. The highest BCUT2D eigenvalue weighted by Crippen LogP contribution is 2.31. The number of hydrogen-bond acceptors (Lipinski definition) is 5. The Bertz CT molecular complexity index is 1780. The Labute approximate surface area is 284 Å². The summed E-state index contributed by atoms with van der Waals surface area (Å²) in [5.41, 5.74) is 10.6. The number of rotatable bonds is 9. The zero-order valence-corrected chi connectivity index (χ0v) is 29.0. The summed E-state index contributed by atoms with van der Waals surface area (Å²) in [4.78, 5) is 17.7. The van der Waals surface area contributed by atoms with Gasteiger partial charge in [0.1, 0.15) is 11.6 Å². The van der Waals surface area contributed by atoms with E-state index >= 15 is 0 Å². The number of hydrogen-bond donors (Lipinski definition) is 3. The molecule has 1 aliphatic heterocycles. The Hall–Kier alpha value is -4.31. The Morgan fingerprint density at radius 2 is 1.69 bits per heavy atom. The molecule has 7 nitrogen and oxygen atoms in total. The van der Waals surface area contributed by atoms with Crippen molar-refractivity contribution in [3.8, 4) is 0 Å². The summed E-state index contributed by atoms with van der Waals surface area (Å²) >= 11 is 0. The molecule has 1 aliphatic carbocycles. The number of hydroxylamine groups is 1. The van der Waals surface area contributed by atoms with Gasteiger partial charge in [0.05, 0.1) is 11.8 Å². The number of amides is 1. The molecule has 0 fully saturated rings. The molecule has 0 saturated carbocycles. The van der Waals surface area contributed by atoms with E-state index in [1.807, 2.05) is 37.3 Å². The Kier molecular flexibility index (Phi) is 12.3. The van der Waals surface area contributed by atoms with E-state index in [2.05, 4.69) is 87.1 Å². The van der Waals surface area contributed by atoms with Crippen LogP contribution in [0.25, 0.3) is 5.57 Å². The second-order valence-corrected chi connectivity index (χ2v) is 14.7. The van der Waals surface area contributed by atoms with Crippen LogP contribution in [0.1, 0.15) is 79.6 Å². The van der Waals surface area contributed by atoms with Crippen molar-refractivity contribution in [1.29, 1.82) is 0 Å². The lowest BCUT2D eigenvalue weighted by Crippen LogP contribution is -2.30. The van der Waals surface area contributed by atoms with E-state index < -0.39 is 15.9 Å². The lowest BCUT2D eigenvalue weighted by atomic mass is 9.82. The van der Waals surface area contributed by atoms with Gasteiger partial charge in [-0.2, -0.15) is 8.42 Å². The fraction of sp³-hybridized carbons (Fsp3) is 0.308. The van der Waals surface area contributed by atoms with E-state index in [1.165, 1.54) is 34.4 Å². The smallest absolute Gasteiger partial charge is 0.266 e. The van der Waals surface area contributed by atoms with Crippen LogP contribution < -0.4 is 10.8 Å². The quantitative estimate of drug-likeness (QED) is 0.200. The normalized spacial score (nSPS) is 16.7. The molecule has 3 N–H and O–H groups in total. The molecule has 2 aliphatic rings. The molecule has 2 unspecified atom stereocenters. The SMILES string of the molecule is CC1=CC(C(Cc2ccc(C(=O)NCCS(=O)(=O)O)cc2)c2ccc(C(C)(C)C)cc2)NO1.CC1=CCC=CC=C1c1ccc(F)cc1. The second-order valence-electron chi connectivity index (χ2n) is 13.1. The van der Waals surface area contributed by atoms with Gasteiger partial charge in [0.2, 0.25) is 0 Å². The summed E-state index contributed by atoms with van der Waals surface area (Å²) < 4.78 is 43.2. The average Bonchev–Trinajstić information content (AvgIpc) is 3.35. The third-order valence-corrected chi connectivity index (χ3v) is 8.99. The second kappa shape index (κ2) is 16.2. The molecule has 2 atom stereocenters. The molecule has 9 heteroatoms. The fourth-order valence-electron chi connectivity index (χ4n) is 5.49. The van der Waals surface area contributed by atoms with E-state index in [4.69, 9.17) is 9.39 Å². The molecule has 48 heavy (non-hydrogen) atoms. The molecule has 5 rings (SSSR count). The summed E-state index contributed by atoms with van der Waals surface area (Å²) in [6, 6.07) is 22.6. The fourth-order valence-corrected chi connectivity index (χ4v) is 5.85. The van der Waals surface area contributed by atoms with Gasteiger partial charge in [0, 0.05) is 18.0 Å². The minimum absolute atomic E-state index is 0.0221. The molecule has 1 heterocycles. The van der Waals surface area contributed by atoms with Crippen molar-refractivity contribution in [2.24, 2.45) is 0 Å². The first-order valence-corrected chi connectivity index (χ1v) is 17.6. The van der Waals surface area contributed by atoms with Gasteiger partial charge in [0.15, 0.2) is 0 Å². The molecule has 3 aromatic carbocycles. The van der Waals surface area contributed by atoms with E-state index in [9.17, 15) is 17.6 Å². The first kappa shape index (κ1) is 36.5. The van der Waals surface area contributed by atoms with Gasteiger partial charge < -0.3 is 10.2 Å². The van der Waals surface area contributed by atoms with Crippen molar-refractivity contribution in [3.05, 3.63) is 148 Å². The molecule has 3 aromatic rings. The van der Waals surface area contributed by atoms with Crippen LogP contribution in [0.5, 0.6) is 0 Å². The van der Waals surface area contributed by atoms with E-state index in [0.717, 1.165) is 29.7 Å². The van der Waals surface area contributed by atoms with Gasteiger partial charge in [-0.05, 0) is 95.8 Å². The molecule has 0 aromatic heterocycles. The van der Waals surface area contributed by atoms with Gasteiger partial charge in [-0.25, -0.2) is 4.39 Å². The van der Waals surface area contributed by atoms with Crippen LogP contribution >= 0.6 is 0 Å². The third-order valence-electron chi connectivity index (χ3n) is 8.27. The Morgan fingerprint density at radius 3 is 2.27 bits per heavy atom. The lowest BCUT2D eigenvalue weighted by molar-refractivity contribution is 0.0956. The highest BCUT2D eigenvalue weighted by Gasteiger charge is 2.27. The van der Waals surface area contributed by atoms with E-state index in [0.29, 0.717) is 5.56 Å². The van der Waals surface area contributed by atoms with E-state index in [1.54, 1.807) is 12.1 Å². The van der Waals surface area contributed by atoms with Crippen LogP contribution in [-0.4, -0.2) is 37.2 Å². The van der Waals surface area contributed by atoms with Crippen molar-refractivity contribution in [2.45, 2.75) is 64.8 Å². The minimum Gasteiger partial charge on any atom is -0.413 e. The van der Waals surface area contributed by atoms with Crippen LogP contribution in [0.2, 0.25) is 0 Å². The van der Waals surface area contributed by atoms with E-state index in [-0.39, 0.29) is 35.6 Å². The zero-order valence-electron chi connectivity index (χ0n) is 28.2. The predicted octanol–water partition coefficient (Wildman–Crippen LogP) is 7.85. The maximum atomic E-state index is 12.8. The highest BCUT2D eigenvalue weighted by atomic mass is 32.2. The number of benzene rings is 3. The van der Waals surface area contributed by atoms with Crippen LogP contribution in [0, 0.1) is 5.82 Å². The van der Waals surface area contributed by atoms with Crippen molar-refractivity contribution < 1.29 is 27.0 Å². The number of carbonyl (C=O) groups excluding carboxylic acids is 1. The zero-order chi connectivity index (χ0) is 34.9. The standard InChI is InChI=1S/C25H32N2O5S.C14H13F/c1-17-15-23(27-32-17)22(19-9-11-21(12-10-19)25(2,3)4)16-18-5-7-20(8-6-18)24(28)26-13-14-33(29,30)31;1-11-5-3-2-4-6-14(11)12-7-9-13(15)10-8-12/h5-12,15,22-23,27H,13-14,16H2,1-4H3,(H,26,28)(H,29,30,31);2,4-10H,3H2,1H3. The molecule has 1 amide bonds. The largest absolute Gasteiger partial charge is 0.413 e. The number of carbonyl (C=O) groups is 1. The van der Waals surface area contributed by atoms with Gasteiger partial charge in [-0.15, -0.1) is 5.48 Å². The van der Waals surface area contributed by atoms with Crippen molar-refractivity contribution in [1.82, 2.24) is 10.8 Å². The topological polar surface area (TPSA) is 105 Å². The molecule has 0 spiro atoms. The molecule has 0 bridgehead atoms. The van der Waals surface area contributed by atoms with Gasteiger partial charge in [-0.3, -0.25) is 9.35 Å². The molecule has 254 valence electrons. The minimum atomic E-state index is -4.11. The summed E-state index contributed by atoms with van der Waals surface area (Å²) in [5.74, 6) is -0.121. The van der Waals surface area contributed by atoms with Crippen LogP contribution in [0.4, 0.5) is 4.39 Å². The van der Waals surface area contributed by atoms with Crippen molar-refractivity contribution in [2.75, 3.05) is 12.3 Å². The van der Waals surface area contributed by atoms with Crippen LogP contribution in [0.3, 0.4) is 0 Å². The summed E-state index contributed by atoms with van der Waals surface area (Å²) in [6.07, 6.45) is 12.2. The average molecular weight is 673 g/mol. The molecular weight excluding hydrogens is 628 g/mol. The van der Waals surface area contributed by atoms with Crippen LogP contribution in [0.15, 0.2) is 115 Å². The summed E-state index contributed by atoms with van der Waals surface area (Å²) in [6.45, 7) is 10.4. The summed E-state index contributed by atoms with van der Waals surface area (Å²) in [7, 11) is -4.11. The highest BCUT2D eigenvalue weighted by molar-refractivity contribution is 7.85. The molecular formula is C39H45FN2O5S. The monoisotopic (exact) mass is 672 g/mol.